The molecule has 0 saturated heterocycles. The Kier molecular flexibility index (Phi) is 2.91. The van der Waals surface area contributed by atoms with Crippen molar-refractivity contribution in [3.63, 3.8) is 0 Å². The van der Waals surface area contributed by atoms with Gasteiger partial charge in [0.15, 0.2) is 0 Å². The third-order valence-corrected chi connectivity index (χ3v) is 4.49. The van der Waals surface area contributed by atoms with E-state index in [4.69, 9.17) is 0 Å². The van der Waals surface area contributed by atoms with E-state index in [1.165, 1.54) is 24.8 Å². The number of halogens is 1. The molecule has 0 radical (unpaired) electrons. The Morgan fingerprint density at radius 1 is 1.35 bits per heavy atom. The lowest BCUT2D eigenvalue weighted by atomic mass is 9.85. The minimum absolute atomic E-state index is 0.00536. The van der Waals surface area contributed by atoms with Crippen molar-refractivity contribution in [2.75, 3.05) is 0 Å². The Morgan fingerprint density at radius 2 is 2.18 bits per heavy atom. The van der Waals surface area contributed by atoms with E-state index in [2.05, 4.69) is 17.9 Å². The molecule has 0 bridgehead atoms. The van der Waals surface area contributed by atoms with Gasteiger partial charge in [0.05, 0.1) is 0 Å². The van der Waals surface area contributed by atoms with Crippen LogP contribution in [-0.4, -0.2) is 17.0 Å². The minimum atomic E-state index is -0.00536. The van der Waals surface area contributed by atoms with Gasteiger partial charge >= 0.3 is 0 Å². The molecule has 1 aromatic carbocycles. The van der Waals surface area contributed by atoms with E-state index in [1.54, 1.807) is 6.07 Å². The van der Waals surface area contributed by atoms with E-state index in [9.17, 15) is 4.39 Å². The monoisotopic (exact) mass is 233 g/mol. The van der Waals surface area contributed by atoms with E-state index in [0.717, 1.165) is 31.0 Å². The van der Waals surface area contributed by atoms with Crippen molar-refractivity contribution in [1.82, 2.24) is 4.90 Å². The topological polar surface area (TPSA) is 3.24 Å². The van der Waals surface area contributed by atoms with Gasteiger partial charge < -0.3 is 0 Å². The fraction of sp³-hybridized carbons (Fsp3) is 0.600. The molecule has 0 spiro atoms. The van der Waals surface area contributed by atoms with Crippen molar-refractivity contribution in [1.29, 1.82) is 0 Å². The number of hydrogen-bond acceptors (Lipinski definition) is 1. The van der Waals surface area contributed by atoms with Crippen LogP contribution in [-0.2, 0) is 13.0 Å². The van der Waals surface area contributed by atoms with Gasteiger partial charge in [-0.1, -0.05) is 25.5 Å². The summed E-state index contributed by atoms with van der Waals surface area (Å²) in [4.78, 5) is 2.62. The summed E-state index contributed by atoms with van der Waals surface area (Å²) in [6.07, 6.45) is 6.06. The molecular weight excluding hydrogens is 213 g/mol. The van der Waals surface area contributed by atoms with Crippen molar-refractivity contribution in [3.8, 4) is 0 Å². The minimum Gasteiger partial charge on any atom is -0.293 e. The van der Waals surface area contributed by atoms with Gasteiger partial charge in [-0.25, -0.2) is 4.39 Å². The van der Waals surface area contributed by atoms with Gasteiger partial charge in [-0.3, -0.25) is 4.90 Å². The molecule has 3 rings (SSSR count). The maximum atomic E-state index is 13.8. The highest BCUT2D eigenvalue weighted by atomic mass is 19.1. The van der Waals surface area contributed by atoms with Crippen LogP contribution in [0.5, 0.6) is 0 Å². The van der Waals surface area contributed by atoms with Gasteiger partial charge in [0, 0.05) is 18.6 Å². The Labute approximate surface area is 103 Å². The summed E-state index contributed by atoms with van der Waals surface area (Å²) in [5.74, 6) is -0.00536. The van der Waals surface area contributed by atoms with E-state index >= 15 is 0 Å². The first-order valence-corrected chi connectivity index (χ1v) is 6.81. The molecule has 1 heterocycles. The highest BCUT2D eigenvalue weighted by Crippen LogP contribution is 2.34. The Balaban J connectivity index is 1.90. The normalized spacial score (nSPS) is 25.4. The van der Waals surface area contributed by atoms with E-state index in [-0.39, 0.29) is 5.82 Å². The van der Waals surface area contributed by atoms with Crippen LogP contribution >= 0.6 is 0 Å². The maximum Gasteiger partial charge on any atom is 0.126 e. The first kappa shape index (κ1) is 11.2. The van der Waals surface area contributed by atoms with Crippen LogP contribution < -0.4 is 0 Å². The zero-order valence-electron chi connectivity index (χ0n) is 10.5. The molecule has 1 aliphatic carbocycles. The summed E-state index contributed by atoms with van der Waals surface area (Å²) < 4.78 is 13.8. The molecule has 1 fully saturated rings. The average Bonchev–Trinajstić information content (AvgIpc) is 2.26. The van der Waals surface area contributed by atoms with Gasteiger partial charge in [-0.05, 0) is 42.9 Å². The second-order valence-electron chi connectivity index (χ2n) is 5.40. The van der Waals surface area contributed by atoms with Gasteiger partial charge in [0.25, 0.3) is 0 Å². The number of nitrogens with zero attached hydrogens (tertiary/aromatic N) is 1. The molecular formula is C15H20FN. The summed E-state index contributed by atoms with van der Waals surface area (Å²) in [5.41, 5.74) is 2.18. The van der Waals surface area contributed by atoms with Gasteiger partial charge in [-0.2, -0.15) is 0 Å². The second kappa shape index (κ2) is 4.41. The van der Waals surface area contributed by atoms with Crippen LogP contribution in [0, 0.1) is 5.82 Å². The van der Waals surface area contributed by atoms with Crippen molar-refractivity contribution in [2.45, 2.75) is 57.7 Å². The molecule has 0 amide bonds. The van der Waals surface area contributed by atoms with Gasteiger partial charge in [-0.15, -0.1) is 0 Å². The van der Waals surface area contributed by atoms with Crippen LogP contribution in [0.25, 0.3) is 0 Å². The van der Waals surface area contributed by atoms with Crippen LogP contribution in [0.1, 0.15) is 43.7 Å². The second-order valence-corrected chi connectivity index (χ2v) is 5.40. The zero-order valence-corrected chi connectivity index (χ0v) is 10.5. The number of hydrogen-bond donors (Lipinski definition) is 0. The molecule has 0 N–H and O–H groups in total. The predicted octanol–water partition coefficient (Wildman–Crippen LogP) is 3.51. The molecule has 2 heteroatoms. The standard InChI is InChI=1S/C15H20FN/c1-2-12-9-14-11(5-3-8-15(14)16)10-17(12)13-6-4-7-13/h3,5,8,12-13H,2,4,6-7,9-10H2,1H3/t12-/m0/s1. The van der Waals surface area contributed by atoms with E-state index < -0.39 is 0 Å². The third-order valence-electron chi connectivity index (χ3n) is 4.49. The highest BCUT2D eigenvalue weighted by Gasteiger charge is 2.34. The van der Waals surface area contributed by atoms with Crippen molar-refractivity contribution >= 4 is 0 Å². The lowest BCUT2D eigenvalue weighted by Crippen LogP contribution is -2.49. The smallest absolute Gasteiger partial charge is 0.126 e. The molecule has 1 aliphatic heterocycles. The third kappa shape index (κ3) is 1.89. The highest BCUT2D eigenvalue weighted by molar-refractivity contribution is 5.31. The summed E-state index contributed by atoms with van der Waals surface area (Å²) in [6, 6.07) is 6.85. The quantitative estimate of drug-likeness (QED) is 0.755. The van der Waals surface area contributed by atoms with Crippen LogP contribution in [0.3, 0.4) is 0 Å². The molecule has 1 aromatic rings. The first-order chi connectivity index (χ1) is 8.29. The Bertz CT molecular complexity index is 411. The molecule has 2 aliphatic rings. The summed E-state index contributed by atoms with van der Waals surface area (Å²) >= 11 is 0. The number of fused-ring (bicyclic) bond motifs is 1. The maximum absolute atomic E-state index is 13.8. The average molecular weight is 233 g/mol. The molecule has 1 saturated carbocycles. The summed E-state index contributed by atoms with van der Waals surface area (Å²) in [7, 11) is 0. The zero-order chi connectivity index (χ0) is 11.8. The van der Waals surface area contributed by atoms with Gasteiger partial charge in [0.1, 0.15) is 5.82 Å². The number of rotatable bonds is 2. The fourth-order valence-electron chi connectivity index (χ4n) is 3.18. The molecule has 92 valence electrons. The molecule has 17 heavy (non-hydrogen) atoms. The largest absolute Gasteiger partial charge is 0.293 e. The van der Waals surface area contributed by atoms with Crippen LogP contribution in [0.2, 0.25) is 0 Å². The lowest BCUT2D eigenvalue weighted by Gasteiger charge is -2.45. The van der Waals surface area contributed by atoms with Crippen LogP contribution in [0.15, 0.2) is 18.2 Å². The molecule has 0 aromatic heterocycles. The van der Waals surface area contributed by atoms with E-state index in [0.29, 0.717) is 6.04 Å². The fourth-order valence-corrected chi connectivity index (χ4v) is 3.18. The predicted molar refractivity (Wildman–Crippen MR) is 67.4 cm³/mol. The SMILES string of the molecule is CC[C@H]1Cc2c(F)cccc2CN1C1CCC1. The van der Waals surface area contributed by atoms with Crippen LogP contribution in [0.4, 0.5) is 4.39 Å². The molecule has 1 nitrogen and oxygen atoms in total. The molecule has 0 unspecified atom stereocenters. The Hall–Kier alpha value is -0.890. The van der Waals surface area contributed by atoms with Gasteiger partial charge in [0.2, 0.25) is 0 Å². The first-order valence-electron chi connectivity index (χ1n) is 6.81. The van der Waals surface area contributed by atoms with Crippen molar-refractivity contribution in [2.24, 2.45) is 0 Å². The van der Waals surface area contributed by atoms with E-state index in [1.807, 2.05) is 6.07 Å². The Morgan fingerprint density at radius 3 is 2.82 bits per heavy atom. The van der Waals surface area contributed by atoms with Crippen molar-refractivity contribution < 1.29 is 4.39 Å². The lowest BCUT2D eigenvalue weighted by molar-refractivity contribution is 0.0592. The summed E-state index contributed by atoms with van der Waals surface area (Å²) in [5, 5.41) is 0. The number of benzene rings is 1. The van der Waals surface area contributed by atoms with Crippen molar-refractivity contribution in [3.05, 3.63) is 35.1 Å². The summed E-state index contributed by atoms with van der Waals surface area (Å²) in [6.45, 7) is 3.18. The molecule has 1 atom stereocenters.